The molecule has 156 valence electrons. The highest BCUT2D eigenvalue weighted by Crippen LogP contribution is 2.32. The molecule has 1 heterocycles. The Balaban J connectivity index is 1.81. The fourth-order valence-electron chi connectivity index (χ4n) is 3.52. The number of hydrogen-bond acceptors (Lipinski definition) is 4. The van der Waals surface area contributed by atoms with Crippen LogP contribution in [0.15, 0.2) is 4.99 Å². The summed E-state index contributed by atoms with van der Waals surface area (Å²) in [4.78, 5) is 19.1. The van der Waals surface area contributed by atoms with Gasteiger partial charge in [-0.3, -0.25) is 4.99 Å². The van der Waals surface area contributed by atoms with E-state index < -0.39 is 0 Å². The number of alkyl carbamates (subject to hydrolysis) is 1. The molecule has 0 aromatic heterocycles. The van der Waals surface area contributed by atoms with Crippen LogP contribution in [-0.4, -0.2) is 68.4 Å². The maximum atomic E-state index is 11.8. The van der Waals surface area contributed by atoms with E-state index in [9.17, 15) is 4.79 Å². The molecule has 1 amide bonds. The van der Waals surface area contributed by atoms with E-state index in [1.54, 1.807) is 0 Å². The Morgan fingerprint density at radius 1 is 1.19 bits per heavy atom. The molecule has 3 N–H and O–H groups in total. The summed E-state index contributed by atoms with van der Waals surface area (Å²) in [5.41, 5.74) is 0. The molecule has 2 aliphatic rings. The number of rotatable bonds is 10. The molecule has 0 spiro atoms. The molecule has 27 heavy (non-hydrogen) atoms. The third kappa shape index (κ3) is 8.37. The molecular formula is C20H39N5O2. The van der Waals surface area contributed by atoms with E-state index in [0.29, 0.717) is 25.1 Å². The SMILES string of the molecule is CCCCN1CCC(NC(=NCC(NC(=O)OCC)C2CC2)NCC)CC1. The number of unbranched alkanes of at least 4 members (excludes halogenated alkanes) is 1. The summed E-state index contributed by atoms with van der Waals surface area (Å²) in [6, 6.07) is 0.536. The van der Waals surface area contributed by atoms with Crippen molar-refractivity contribution in [1.29, 1.82) is 0 Å². The van der Waals surface area contributed by atoms with Crippen molar-refractivity contribution < 1.29 is 9.53 Å². The monoisotopic (exact) mass is 381 g/mol. The molecule has 1 aliphatic carbocycles. The van der Waals surface area contributed by atoms with Gasteiger partial charge in [0.15, 0.2) is 5.96 Å². The van der Waals surface area contributed by atoms with Crippen molar-refractivity contribution in [2.45, 2.75) is 71.4 Å². The largest absolute Gasteiger partial charge is 0.450 e. The Morgan fingerprint density at radius 3 is 2.52 bits per heavy atom. The number of guanidine groups is 1. The number of aliphatic imine (C=N–C) groups is 1. The van der Waals surface area contributed by atoms with Crippen LogP contribution in [0.1, 0.15) is 59.3 Å². The second-order valence-corrected chi connectivity index (χ2v) is 7.64. The average Bonchev–Trinajstić information content (AvgIpc) is 3.50. The van der Waals surface area contributed by atoms with Crippen LogP contribution in [0, 0.1) is 5.92 Å². The van der Waals surface area contributed by atoms with E-state index in [4.69, 9.17) is 9.73 Å². The van der Waals surface area contributed by atoms with E-state index in [2.05, 4.69) is 34.7 Å². The Morgan fingerprint density at radius 2 is 1.93 bits per heavy atom. The topological polar surface area (TPSA) is 78.0 Å². The van der Waals surface area contributed by atoms with E-state index >= 15 is 0 Å². The van der Waals surface area contributed by atoms with Crippen molar-refractivity contribution in [2.24, 2.45) is 10.9 Å². The molecule has 1 saturated heterocycles. The van der Waals surface area contributed by atoms with Gasteiger partial charge in [-0.25, -0.2) is 4.79 Å². The van der Waals surface area contributed by atoms with E-state index in [1.807, 2.05) is 6.92 Å². The summed E-state index contributed by atoms with van der Waals surface area (Å²) in [6.07, 6.45) is 6.85. The van der Waals surface area contributed by atoms with Crippen LogP contribution in [0.25, 0.3) is 0 Å². The van der Waals surface area contributed by atoms with Gasteiger partial charge in [-0.1, -0.05) is 13.3 Å². The van der Waals surface area contributed by atoms with Gasteiger partial charge in [-0.05, 0) is 58.4 Å². The zero-order valence-electron chi connectivity index (χ0n) is 17.4. The number of amides is 1. The highest BCUT2D eigenvalue weighted by molar-refractivity contribution is 5.80. The standard InChI is InChI=1S/C20H39N5O2/c1-4-7-12-25-13-10-17(11-14-25)23-19(21-5-2)22-15-18(16-8-9-16)24-20(26)27-6-3/h16-18H,4-15H2,1-3H3,(H,24,26)(H2,21,22,23). The smallest absolute Gasteiger partial charge is 0.407 e. The van der Waals surface area contributed by atoms with Crippen LogP contribution in [0.5, 0.6) is 0 Å². The minimum Gasteiger partial charge on any atom is -0.450 e. The molecule has 2 rings (SSSR count). The predicted molar refractivity (Wildman–Crippen MR) is 110 cm³/mol. The summed E-state index contributed by atoms with van der Waals surface area (Å²) in [5.74, 6) is 1.39. The maximum Gasteiger partial charge on any atom is 0.407 e. The van der Waals surface area contributed by atoms with Crippen LogP contribution in [0.2, 0.25) is 0 Å². The van der Waals surface area contributed by atoms with Crippen LogP contribution < -0.4 is 16.0 Å². The first-order chi connectivity index (χ1) is 13.2. The molecule has 1 aliphatic heterocycles. The lowest BCUT2D eigenvalue weighted by molar-refractivity contribution is 0.147. The highest BCUT2D eigenvalue weighted by atomic mass is 16.5. The number of carbonyl (C=O) groups excluding carboxylic acids is 1. The fourth-order valence-corrected chi connectivity index (χ4v) is 3.52. The van der Waals surface area contributed by atoms with Crippen LogP contribution in [0.3, 0.4) is 0 Å². The Bertz CT molecular complexity index is 459. The maximum absolute atomic E-state index is 11.8. The summed E-state index contributed by atoms with van der Waals surface area (Å²) < 4.78 is 5.03. The van der Waals surface area contributed by atoms with Gasteiger partial charge in [0.25, 0.3) is 0 Å². The number of ether oxygens (including phenoxy) is 1. The molecule has 0 bridgehead atoms. The van der Waals surface area contributed by atoms with Gasteiger partial charge in [-0.2, -0.15) is 0 Å². The Labute approximate surface area is 164 Å². The van der Waals surface area contributed by atoms with Gasteiger partial charge in [0.05, 0.1) is 19.2 Å². The van der Waals surface area contributed by atoms with Crippen molar-refractivity contribution in [3.05, 3.63) is 0 Å². The summed E-state index contributed by atoms with van der Waals surface area (Å²) in [7, 11) is 0. The molecule has 0 aromatic rings. The lowest BCUT2D eigenvalue weighted by Crippen LogP contribution is -2.49. The normalized spacial score (nSPS) is 20.2. The zero-order valence-corrected chi connectivity index (χ0v) is 17.4. The van der Waals surface area contributed by atoms with Crippen LogP contribution in [0.4, 0.5) is 4.79 Å². The number of likely N-dealkylation sites (tertiary alicyclic amines) is 1. The first-order valence-electron chi connectivity index (χ1n) is 10.9. The number of piperidine rings is 1. The van der Waals surface area contributed by atoms with Crippen molar-refractivity contribution in [3.8, 4) is 0 Å². The number of carbonyl (C=O) groups is 1. The first kappa shape index (κ1) is 21.8. The first-order valence-corrected chi connectivity index (χ1v) is 10.9. The molecule has 7 nitrogen and oxygen atoms in total. The molecule has 2 fully saturated rings. The van der Waals surface area contributed by atoms with E-state index in [0.717, 1.165) is 51.3 Å². The molecule has 0 radical (unpaired) electrons. The quantitative estimate of drug-likeness (QED) is 0.400. The van der Waals surface area contributed by atoms with Crippen molar-refractivity contribution >= 4 is 12.1 Å². The lowest BCUT2D eigenvalue weighted by atomic mass is 10.0. The average molecular weight is 382 g/mol. The second kappa shape index (κ2) is 12.1. The third-order valence-corrected chi connectivity index (χ3v) is 5.32. The van der Waals surface area contributed by atoms with Gasteiger partial charge >= 0.3 is 6.09 Å². The van der Waals surface area contributed by atoms with Crippen LogP contribution in [-0.2, 0) is 4.74 Å². The highest BCUT2D eigenvalue weighted by Gasteiger charge is 2.32. The van der Waals surface area contributed by atoms with E-state index in [1.165, 1.54) is 19.4 Å². The predicted octanol–water partition coefficient (Wildman–Crippen LogP) is 2.33. The molecule has 0 aromatic carbocycles. The Kier molecular flexibility index (Phi) is 9.73. The van der Waals surface area contributed by atoms with E-state index in [-0.39, 0.29) is 12.1 Å². The minimum absolute atomic E-state index is 0.0652. The van der Waals surface area contributed by atoms with Gasteiger partial charge < -0.3 is 25.6 Å². The van der Waals surface area contributed by atoms with Gasteiger partial charge in [-0.15, -0.1) is 0 Å². The fraction of sp³-hybridized carbons (Fsp3) is 0.900. The van der Waals surface area contributed by atoms with Gasteiger partial charge in [0, 0.05) is 25.7 Å². The third-order valence-electron chi connectivity index (χ3n) is 5.32. The van der Waals surface area contributed by atoms with Gasteiger partial charge in [0.2, 0.25) is 0 Å². The summed E-state index contributed by atoms with van der Waals surface area (Å²) in [6.45, 7) is 11.5. The zero-order chi connectivity index (χ0) is 19.5. The molecule has 1 unspecified atom stereocenters. The molecule has 1 atom stereocenters. The number of nitrogens with one attached hydrogen (secondary N) is 3. The lowest BCUT2D eigenvalue weighted by Gasteiger charge is -2.33. The molecule has 7 heteroatoms. The summed E-state index contributed by atoms with van der Waals surface area (Å²) >= 11 is 0. The number of nitrogens with zero attached hydrogens (tertiary/aromatic N) is 2. The van der Waals surface area contributed by atoms with Crippen molar-refractivity contribution in [2.75, 3.05) is 39.3 Å². The number of hydrogen-bond donors (Lipinski definition) is 3. The Hall–Kier alpha value is -1.50. The van der Waals surface area contributed by atoms with Crippen molar-refractivity contribution in [3.63, 3.8) is 0 Å². The van der Waals surface area contributed by atoms with Crippen molar-refractivity contribution in [1.82, 2.24) is 20.9 Å². The second-order valence-electron chi connectivity index (χ2n) is 7.64. The van der Waals surface area contributed by atoms with Gasteiger partial charge in [0.1, 0.15) is 0 Å². The molecular weight excluding hydrogens is 342 g/mol. The molecule has 1 saturated carbocycles. The minimum atomic E-state index is -0.331. The van der Waals surface area contributed by atoms with Crippen LogP contribution >= 0.6 is 0 Å². The summed E-state index contributed by atoms with van der Waals surface area (Å²) in [5, 5.41) is 9.92.